The van der Waals surface area contributed by atoms with Crippen LogP contribution in [0.4, 0.5) is 4.79 Å². The fourth-order valence-electron chi connectivity index (χ4n) is 2.79. The number of rotatable bonds is 8. The maximum absolute atomic E-state index is 12.2. The van der Waals surface area contributed by atoms with Gasteiger partial charge in [0, 0.05) is 6.42 Å². The van der Waals surface area contributed by atoms with Crippen LogP contribution in [0.3, 0.4) is 0 Å². The lowest BCUT2D eigenvalue weighted by Crippen LogP contribution is -2.17. The van der Waals surface area contributed by atoms with E-state index in [0.717, 1.165) is 18.2 Å². The van der Waals surface area contributed by atoms with Crippen LogP contribution in [0.2, 0.25) is 0 Å². The predicted octanol–water partition coefficient (Wildman–Crippen LogP) is 4.34. The average molecular weight is 411 g/mol. The van der Waals surface area contributed by atoms with E-state index in [-0.39, 0.29) is 5.97 Å². The normalized spacial score (nSPS) is 14.7. The number of esters is 1. The summed E-state index contributed by atoms with van der Waals surface area (Å²) in [6, 6.07) is 15.0. The molecule has 0 aliphatic carbocycles. The Kier molecular flexibility index (Phi) is 7.08. The molecule has 0 spiro atoms. The minimum Gasteiger partial charge on any atom is -0.490 e. The van der Waals surface area contributed by atoms with E-state index in [4.69, 9.17) is 9.47 Å². The van der Waals surface area contributed by atoms with Gasteiger partial charge in [0.2, 0.25) is 0 Å². The Labute approximate surface area is 173 Å². The topological polar surface area (TPSA) is 81.7 Å². The molecule has 6 nitrogen and oxygen atoms in total. The van der Waals surface area contributed by atoms with Gasteiger partial charge in [-0.25, -0.2) is 0 Å². The summed E-state index contributed by atoms with van der Waals surface area (Å²) in [7, 11) is 0. The van der Waals surface area contributed by atoms with Crippen molar-refractivity contribution in [3.63, 3.8) is 0 Å². The molecule has 0 unspecified atom stereocenters. The molecule has 3 rings (SSSR count). The third-order valence-corrected chi connectivity index (χ3v) is 4.93. The molecule has 2 amide bonds. The largest absolute Gasteiger partial charge is 0.490 e. The minimum atomic E-state index is -0.424. The molecule has 1 fully saturated rings. The second-order valence-electron chi connectivity index (χ2n) is 6.30. The number of amides is 2. The zero-order chi connectivity index (χ0) is 20.6. The van der Waals surface area contributed by atoms with Gasteiger partial charge in [-0.05, 0) is 60.9 Å². The minimum absolute atomic E-state index is 0.297. The summed E-state index contributed by atoms with van der Waals surface area (Å²) >= 11 is 0.845. The van der Waals surface area contributed by atoms with Gasteiger partial charge in [-0.3, -0.25) is 19.7 Å². The van der Waals surface area contributed by atoms with Gasteiger partial charge in [0.1, 0.15) is 0 Å². The van der Waals surface area contributed by atoms with Crippen LogP contribution in [0.1, 0.15) is 30.9 Å². The molecule has 1 aliphatic heterocycles. The smallest absolute Gasteiger partial charge is 0.311 e. The number of aryl methyl sites for hydroxylation is 1. The summed E-state index contributed by atoms with van der Waals surface area (Å²) in [6.45, 7) is 2.22. The summed E-state index contributed by atoms with van der Waals surface area (Å²) < 4.78 is 11.1. The van der Waals surface area contributed by atoms with Gasteiger partial charge in [0.15, 0.2) is 11.5 Å². The number of benzene rings is 2. The molecule has 0 saturated carbocycles. The van der Waals surface area contributed by atoms with Crippen molar-refractivity contribution in [1.82, 2.24) is 5.32 Å². The highest BCUT2D eigenvalue weighted by atomic mass is 32.2. The lowest BCUT2D eigenvalue weighted by molar-refractivity contribution is -0.134. The first-order valence-corrected chi connectivity index (χ1v) is 10.1. The molecular weight excluding hydrogens is 390 g/mol. The highest BCUT2D eigenvalue weighted by molar-refractivity contribution is 8.18. The lowest BCUT2D eigenvalue weighted by atomic mass is 10.1. The van der Waals surface area contributed by atoms with Crippen molar-refractivity contribution in [2.75, 3.05) is 6.61 Å². The quantitative estimate of drug-likeness (QED) is 0.395. The van der Waals surface area contributed by atoms with Crippen LogP contribution >= 0.6 is 11.8 Å². The molecule has 2 aromatic rings. The molecule has 1 heterocycles. The summed E-state index contributed by atoms with van der Waals surface area (Å²) in [5, 5.41) is 1.82. The Bertz CT molecular complexity index is 939. The van der Waals surface area contributed by atoms with Gasteiger partial charge < -0.3 is 9.47 Å². The third-order valence-electron chi connectivity index (χ3n) is 4.12. The van der Waals surface area contributed by atoms with Gasteiger partial charge in [-0.15, -0.1) is 0 Å². The Morgan fingerprint density at radius 1 is 1.10 bits per heavy atom. The van der Waals surface area contributed by atoms with Crippen molar-refractivity contribution >= 4 is 35.0 Å². The van der Waals surface area contributed by atoms with Crippen molar-refractivity contribution in [2.24, 2.45) is 0 Å². The standard InChI is InChI=1S/C22H21NO5S/c1-2-27-18-13-16(14-19-21(25)23-22(26)29-19)11-12-17(18)28-20(24)10-6-9-15-7-4-3-5-8-15/h3-5,7-8,11-14H,2,6,9-10H2,1H3,(H,23,25,26). The van der Waals surface area contributed by atoms with E-state index >= 15 is 0 Å². The number of ether oxygens (including phenoxy) is 2. The molecule has 7 heteroatoms. The van der Waals surface area contributed by atoms with Crippen LogP contribution in [-0.2, 0) is 16.0 Å². The molecular formula is C22H21NO5S. The number of hydrogen-bond acceptors (Lipinski definition) is 6. The van der Waals surface area contributed by atoms with Crippen LogP contribution in [0, 0.1) is 0 Å². The van der Waals surface area contributed by atoms with Gasteiger partial charge in [-0.1, -0.05) is 36.4 Å². The van der Waals surface area contributed by atoms with Crippen molar-refractivity contribution in [3.05, 3.63) is 64.6 Å². The molecule has 150 valence electrons. The SMILES string of the molecule is CCOc1cc(C=C2SC(=O)NC2=O)ccc1OC(=O)CCCc1ccccc1. The van der Waals surface area contributed by atoms with Crippen molar-refractivity contribution in [3.8, 4) is 11.5 Å². The highest BCUT2D eigenvalue weighted by Gasteiger charge is 2.25. The molecule has 0 aromatic heterocycles. The monoisotopic (exact) mass is 411 g/mol. The van der Waals surface area contributed by atoms with Crippen molar-refractivity contribution < 1.29 is 23.9 Å². The first-order valence-electron chi connectivity index (χ1n) is 9.31. The third kappa shape index (κ3) is 5.96. The Morgan fingerprint density at radius 3 is 2.59 bits per heavy atom. The molecule has 0 radical (unpaired) electrons. The molecule has 1 saturated heterocycles. The number of nitrogens with one attached hydrogen (secondary N) is 1. The predicted molar refractivity (Wildman–Crippen MR) is 112 cm³/mol. The molecule has 1 aliphatic rings. The second-order valence-corrected chi connectivity index (χ2v) is 7.32. The number of carbonyl (C=O) groups excluding carboxylic acids is 3. The van der Waals surface area contributed by atoms with Crippen LogP contribution in [0.25, 0.3) is 6.08 Å². The van der Waals surface area contributed by atoms with Crippen LogP contribution in [0.5, 0.6) is 11.5 Å². The molecule has 2 aromatic carbocycles. The number of imide groups is 1. The van der Waals surface area contributed by atoms with E-state index in [9.17, 15) is 14.4 Å². The van der Waals surface area contributed by atoms with E-state index < -0.39 is 11.1 Å². The van der Waals surface area contributed by atoms with E-state index in [2.05, 4.69) is 5.32 Å². The molecule has 0 atom stereocenters. The molecule has 29 heavy (non-hydrogen) atoms. The highest BCUT2D eigenvalue weighted by Crippen LogP contribution is 2.32. The van der Waals surface area contributed by atoms with Gasteiger partial charge in [0.05, 0.1) is 11.5 Å². The maximum Gasteiger partial charge on any atom is 0.311 e. The van der Waals surface area contributed by atoms with E-state index in [1.165, 1.54) is 5.56 Å². The number of thioether (sulfide) groups is 1. The van der Waals surface area contributed by atoms with Gasteiger partial charge >= 0.3 is 5.97 Å². The summed E-state index contributed by atoms with van der Waals surface area (Å²) in [5.74, 6) is -0.0116. The Hall–Kier alpha value is -3.06. The van der Waals surface area contributed by atoms with Crippen molar-refractivity contribution in [2.45, 2.75) is 26.2 Å². The van der Waals surface area contributed by atoms with E-state index in [0.29, 0.717) is 41.4 Å². The fourth-order valence-corrected chi connectivity index (χ4v) is 3.48. The maximum atomic E-state index is 12.2. The number of carbonyl (C=O) groups is 3. The van der Waals surface area contributed by atoms with Crippen LogP contribution < -0.4 is 14.8 Å². The summed E-state index contributed by atoms with van der Waals surface area (Å²) in [5.41, 5.74) is 1.85. The first kappa shape index (κ1) is 20.7. The lowest BCUT2D eigenvalue weighted by Gasteiger charge is -2.11. The molecule has 1 N–H and O–H groups in total. The summed E-state index contributed by atoms with van der Waals surface area (Å²) in [4.78, 5) is 35.5. The van der Waals surface area contributed by atoms with Crippen molar-refractivity contribution in [1.29, 1.82) is 0 Å². The second kappa shape index (κ2) is 9.93. The fraction of sp³-hybridized carbons (Fsp3) is 0.227. The van der Waals surface area contributed by atoms with Crippen LogP contribution in [-0.4, -0.2) is 23.7 Å². The van der Waals surface area contributed by atoms with E-state index in [1.807, 2.05) is 37.3 Å². The van der Waals surface area contributed by atoms with Gasteiger partial charge in [-0.2, -0.15) is 0 Å². The molecule has 0 bridgehead atoms. The average Bonchev–Trinajstić information content (AvgIpc) is 3.01. The van der Waals surface area contributed by atoms with Gasteiger partial charge in [0.25, 0.3) is 11.1 Å². The van der Waals surface area contributed by atoms with Crippen LogP contribution in [0.15, 0.2) is 53.4 Å². The first-order chi connectivity index (χ1) is 14.0. The Balaban J connectivity index is 1.63. The zero-order valence-electron chi connectivity index (χ0n) is 16.0. The summed E-state index contributed by atoms with van der Waals surface area (Å²) in [6.07, 6.45) is 3.39. The Morgan fingerprint density at radius 2 is 1.90 bits per heavy atom. The van der Waals surface area contributed by atoms with E-state index in [1.54, 1.807) is 24.3 Å². The zero-order valence-corrected chi connectivity index (χ0v) is 16.8. The number of hydrogen-bond donors (Lipinski definition) is 1.